The molecule has 0 spiro atoms. The zero-order valence-corrected chi connectivity index (χ0v) is 24.1. The predicted octanol–water partition coefficient (Wildman–Crippen LogP) is 3.91. The van der Waals surface area contributed by atoms with Crippen LogP contribution in [0.3, 0.4) is 0 Å². The Morgan fingerprint density at radius 2 is 1.83 bits per heavy atom. The van der Waals surface area contributed by atoms with Crippen LogP contribution in [0.2, 0.25) is 0 Å². The Labute approximate surface area is 242 Å². The van der Waals surface area contributed by atoms with Gasteiger partial charge in [-0.3, -0.25) is 24.6 Å². The maximum atomic E-state index is 13.0. The van der Waals surface area contributed by atoms with Gasteiger partial charge in [-0.15, -0.1) is 0 Å². The SMILES string of the molecule is CCc1cc(CN2CCCC[C@@H]2COc2ccc3c(c2)CN(C2CCC(=O)NC2=O)C3=O)ccc1C1CCNCC1. The zero-order chi connectivity index (χ0) is 28.3. The Hall–Kier alpha value is -3.23. The number of carbonyl (C=O) groups is 3. The smallest absolute Gasteiger partial charge is 0.255 e. The number of hydrogen-bond acceptors (Lipinski definition) is 6. The molecule has 6 rings (SSSR count). The first-order valence-electron chi connectivity index (χ1n) is 15.5. The molecule has 4 aliphatic heterocycles. The molecule has 41 heavy (non-hydrogen) atoms. The first-order chi connectivity index (χ1) is 20.0. The molecule has 2 aromatic rings. The van der Waals surface area contributed by atoms with Gasteiger partial charge in [-0.1, -0.05) is 31.5 Å². The van der Waals surface area contributed by atoms with E-state index in [1.165, 1.54) is 36.8 Å². The second-order valence-electron chi connectivity index (χ2n) is 12.1. The number of carbonyl (C=O) groups excluding carboxylic acids is 3. The number of fused-ring (bicyclic) bond motifs is 1. The van der Waals surface area contributed by atoms with Gasteiger partial charge in [0.15, 0.2) is 0 Å². The lowest BCUT2D eigenvalue weighted by Crippen LogP contribution is -2.52. The number of benzene rings is 2. The maximum Gasteiger partial charge on any atom is 0.255 e. The Bertz CT molecular complexity index is 1300. The van der Waals surface area contributed by atoms with Crippen molar-refractivity contribution in [2.45, 2.75) is 89.4 Å². The van der Waals surface area contributed by atoms with E-state index in [0.717, 1.165) is 50.3 Å². The molecule has 3 amide bonds. The second kappa shape index (κ2) is 12.3. The molecule has 218 valence electrons. The summed E-state index contributed by atoms with van der Waals surface area (Å²) >= 11 is 0. The van der Waals surface area contributed by atoms with Crippen molar-refractivity contribution in [3.05, 3.63) is 64.2 Å². The van der Waals surface area contributed by atoms with Gasteiger partial charge in [-0.05, 0) is 105 Å². The molecule has 0 aromatic heterocycles. The molecule has 4 aliphatic rings. The highest BCUT2D eigenvalue weighted by molar-refractivity contribution is 6.05. The van der Waals surface area contributed by atoms with Crippen molar-refractivity contribution in [3.63, 3.8) is 0 Å². The fourth-order valence-corrected chi connectivity index (χ4v) is 7.12. The molecule has 0 radical (unpaired) electrons. The molecule has 2 atom stereocenters. The van der Waals surface area contributed by atoms with Crippen LogP contribution in [0.5, 0.6) is 5.75 Å². The fraction of sp³-hybridized carbons (Fsp3) is 0.545. The van der Waals surface area contributed by atoms with E-state index in [0.29, 0.717) is 37.1 Å². The molecule has 1 unspecified atom stereocenters. The van der Waals surface area contributed by atoms with E-state index in [2.05, 4.69) is 40.7 Å². The van der Waals surface area contributed by atoms with E-state index in [1.54, 1.807) is 10.5 Å². The number of piperidine rings is 3. The summed E-state index contributed by atoms with van der Waals surface area (Å²) in [7, 11) is 0. The van der Waals surface area contributed by atoms with Gasteiger partial charge in [0.1, 0.15) is 18.4 Å². The number of hydrogen-bond donors (Lipinski definition) is 2. The van der Waals surface area contributed by atoms with Crippen LogP contribution in [0.4, 0.5) is 0 Å². The molecule has 0 bridgehead atoms. The Morgan fingerprint density at radius 3 is 2.63 bits per heavy atom. The number of amides is 3. The summed E-state index contributed by atoms with van der Waals surface area (Å²) < 4.78 is 6.33. The van der Waals surface area contributed by atoms with Gasteiger partial charge in [-0.25, -0.2) is 0 Å². The predicted molar refractivity (Wildman–Crippen MR) is 157 cm³/mol. The van der Waals surface area contributed by atoms with Crippen molar-refractivity contribution in [3.8, 4) is 5.75 Å². The Morgan fingerprint density at radius 1 is 0.976 bits per heavy atom. The van der Waals surface area contributed by atoms with Crippen LogP contribution in [-0.2, 0) is 29.1 Å². The Kier molecular flexibility index (Phi) is 8.40. The molecule has 8 heteroatoms. The van der Waals surface area contributed by atoms with Crippen LogP contribution in [0.25, 0.3) is 0 Å². The van der Waals surface area contributed by atoms with Gasteiger partial charge in [0.2, 0.25) is 11.8 Å². The normalized spacial score (nSPS) is 23.9. The van der Waals surface area contributed by atoms with E-state index in [1.807, 2.05) is 18.2 Å². The molecule has 8 nitrogen and oxygen atoms in total. The van der Waals surface area contributed by atoms with Crippen LogP contribution < -0.4 is 15.4 Å². The van der Waals surface area contributed by atoms with Crippen molar-refractivity contribution in [1.29, 1.82) is 0 Å². The fourth-order valence-electron chi connectivity index (χ4n) is 7.12. The topological polar surface area (TPSA) is 91.0 Å². The van der Waals surface area contributed by atoms with Crippen LogP contribution in [-0.4, -0.2) is 65.8 Å². The van der Waals surface area contributed by atoms with Gasteiger partial charge in [0.05, 0.1) is 0 Å². The largest absolute Gasteiger partial charge is 0.492 e. The molecule has 3 saturated heterocycles. The quantitative estimate of drug-likeness (QED) is 0.478. The average molecular weight is 559 g/mol. The van der Waals surface area contributed by atoms with Crippen molar-refractivity contribution < 1.29 is 19.1 Å². The van der Waals surface area contributed by atoms with E-state index >= 15 is 0 Å². The first kappa shape index (κ1) is 27.9. The standard InChI is InChI=1S/C33H42N4O4/c1-2-23-17-22(6-8-28(23)24-12-14-34-15-13-24)19-36-16-4-3-5-26(36)21-41-27-7-9-29-25(18-27)20-37(33(29)40)30-10-11-31(38)35-32(30)39/h6-9,17-18,24,26,30,34H,2-5,10-16,19-21H2,1H3,(H,35,38,39)/t26-,30?/m1/s1. The minimum absolute atomic E-state index is 0.155. The van der Waals surface area contributed by atoms with E-state index < -0.39 is 6.04 Å². The van der Waals surface area contributed by atoms with Crippen molar-refractivity contribution in [2.75, 3.05) is 26.2 Å². The van der Waals surface area contributed by atoms with Crippen LogP contribution in [0, 0.1) is 0 Å². The minimum Gasteiger partial charge on any atom is -0.492 e. The number of likely N-dealkylation sites (tertiary alicyclic amines) is 1. The number of imide groups is 1. The van der Waals surface area contributed by atoms with Gasteiger partial charge in [0, 0.05) is 31.1 Å². The number of nitrogens with one attached hydrogen (secondary N) is 2. The summed E-state index contributed by atoms with van der Waals surface area (Å²) in [4.78, 5) is 41.1. The summed E-state index contributed by atoms with van der Waals surface area (Å²) in [5.41, 5.74) is 5.91. The Balaban J connectivity index is 1.09. The third-order valence-electron chi connectivity index (χ3n) is 9.44. The number of rotatable bonds is 8. The lowest BCUT2D eigenvalue weighted by molar-refractivity contribution is -0.136. The molecule has 3 fully saturated rings. The molecule has 2 N–H and O–H groups in total. The number of nitrogens with zero attached hydrogens (tertiary/aromatic N) is 2. The summed E-state index contributed by atoms with van der Waals surface area (Å²) in [5.74, 6) is 0.616. The van der Waals surface area contributed by atoms with Crippen molar-refractivity contribution >= 4 is 17.7 Å². The van der Waals surface area contributed by atoms with E-state index in [-0.39, 0.29) is 24.1 Å². The van der Waals surface area contributed by atoms with Gasteiger partial charge < -0.3 is 15.0 Å². The van der Waals surface area contributed by atoms with Crippen LogP contribution >= 0.6 is 0 Å². The number of aryl methyl sites for hydroxylation is 1. The van der Waals surface area contributed by atoms with E-state index in [9.17, 15) is 14.4 Å². The molecule has 0 saturated carbocycles. The summed E-state index contributed by atoms with van der Waals surface area (Å²) in [6.45, 7) is 7.48. The highest BCUT2D eigenvalue weighted by Crippen LogP contribution is 2.32. The van der Waals surface area contributed by atoms with Crippen LogP contribution in [0.15, 0.2) is 36.4 Å². The minimum atomic E-state index is -0.602. The molecule has 4 heterocycles. The van der Waals surface area contributed by atoms with E-state index in [4.69, 9.17) is 4.74 Å². The summed E-state index contributed by atoms with van der Waals surface area (Å²) in [6, 6.07) is 12.5. The molecule has 2 aromatic carbocycles. The molecule has 0 aliphatic carbocycles. The van der Waals surface area contributed by atoms with Crippen LogP contribution in [0.1, 0.15) is 90.4 Å². The number of ether oxygens (including phenoxy) is 1. The lowest BCUT2D eigenvalue weighted by atomic mass is 9.85. The zero-order valence-electron chi connectivity index (χ0n) is 24.1. The summed E-state index contributed by atoms with van der Waals surface area (Å²) in [5, 5.41) is 5.85. The molecular formula is C33H42N4O4. The third-order valence-corrected chi connectivity index (χ3v) is 9.44. The van der Waals surface area contributed by atoms with Crippen molar-refractivity contribution in [2.24, 2.45) is 0 Å². The van der Waals surface area contributed by atoms with Gasteiger partial charge in [0.25, 0.3) is 5.91 Å². The second-order valence-corrected chi connectivity index (χ2v) is 12.1. The highest BCUT2D eigenvalue weighted by atomic mass is 16.5. The molecular weight excluding hydrogens is 516 g/mol. The van der Waals surface area contributed by atoms with Gasteiger partial charge in [-0.2, -0.15) is 0 Å². The third kappa shape index (κ3) is 6.04. The monoisotopic (exact) mass is 558 g/mol. The first-order valence-corrected chi connectivity index (χ1v) is 15.5. The highest BCUT2D eigenvalue weighted by Gasteiger charge is 2.39. The average Bonchev–Trinajstić information content (AvgIpc) is 3.32. The maximum absolute atomic E-state index is 13.0. The lowest BCUT2D eigenvalue weighted by Gasteiger charge is -2.36. The summed E-state index contributed by atoms with van der Waals surface area (Å²) in [6.07, 6.45) is 7.67. The van der Waals surface area contributed by atoms with Gasteiger partial charge >= 0.3 is 0 Å². The van der Waals surface area contributed by atoms with Crippen molar-refractivity contribution in [1.82, 2.24) is 20.4 Å².